The lowest BCUT2D eigenvalue weighted by Gasteiger charge is -1.99. The number of carbonyl (C=O) groups is 2. The molecule has 17 heavy (non-hydrogen) atoms. The number of rotatable bonds is 5. The maximum absolute atomic E-state index is 11.3. The van der Waals surface area contributed by atoms with E-state index in [1.807, 2.05) is 6.07 Å². The van der Waals surface area contributed by atoms with Gasteiger partial charge < -0.3 is 10.4 Å². The van der Waals surface area contributed by atoms with E-state index in [9.17, 15) is 9.59 Å². The van der Waals surface area contributed by atoms with Crippen LogP contribution in [-0.4, -0.2) is 23.5 Å². The minimum Gasteiger partial charge on any atom is -0.481 e. The number of halogens is 1. The van der Waals surface area contributed by atoms with E-state index >= 15 is 0 Å². The van der Waals surface area contributed by atoms with Gasteiger partial charge in [0.2, 0.25) is 5.91 Å². The lowest BCUT2D eigenvalue weighted by Crippen LogP contribution is -2.23. The molecule has 0 bridgehead atoms. The summed E-state index contributed by atoms with van der Waals surface area (Å²) in [6.07, 6.45) is 2.81. The fourth-order valence-corrected chi connectivity index (χ4v) is 1.33. The van der Waals surface area contributed by atoms with Crippen molar-refractivity contribution >= 4 is 29.6 Å². The molecule has 1 aromatic carbocycles. The molecule has 1 rings (SSSR count). The fraction of sp³-hybridized carbons (Fsp3) is 0.167. The molecule has 0 aliphatic heterocycles. The number of hydrogen-bond acceptors (Lipinski definition) is 2. The Morgan fingerprint density at radius 3 is 2.71 bits per heavy atom. The average molecular weight is 254 g/mol. The first kappa shape index (κ1) is 13.3. The van der Waals surface area contributed by atoms with Crippen LogP contribution < -0.4 is 5.32 Å². The third kappa shape index (κ3) is 5.17. The highest BCUT2D eigenvalue weighted by atomic mass is 35.5. The van der Waals surface area contributed by atoms with Crippen LogP contribution in [0, 0.1) is 0 Å². The Bertz CT molecular complexity index is 443. The van der Waals surface area contributed by atoms with Gasteiger partial charge in [0.05, 0.1) is 6.42 Å². The lowest BCUT2D eigenvalue weighted by atomic mass is 10.2. The highest BCUT2D eigenvalue weighted by Crippen LogP contribution is 2.15. The normalized spacial score (nSPS) is 10.4. The first-order valence-electron chi connectivity index (χ1n) is 5.02. The Hall–Kier alpha value is -1.81. The van der Waals surface area contributed by atoms with Crippen LogP contribution in [0.1, 0.15) is 12.0 Å². The molecule has 0 aliphatic carbocycles. The monoisotopic (exact) mass is 253 g/mol. The Morgan fingerprint density at radius 2 is 2.06 bits per heavy atom. The number of benzene rings is 1. The van der Waals surface area contributed by atoms with Crippen molar-refractivity contribution in [1.82, 2.24) is 5.32 Å². The maximum atomic E-state index is 11.3. The Morgan fingerprint density at radius 1 is 1.35 bits per heavy atom. The van der Waals surface area contributed by atoms with Crippen molar-refractivity contribution in [2.24, 2.45) is 0 Å². The number of carbonyl (C=O) groups excluding carboxylic acids is 1. The molecule has 90 valence electrons. The fourth-order valence-electron chi connectivity index (χ4n) is 1.13. The molecule has 0 aliphatic rings. The van der Waals surface area contributed by atoms with Crippen LogP contribution in [0.4, 0.5) is 0 Å². The summed E-state index contributed by atoms with van der Waals surface area (Å²) in [5.74, 6) is -1.29. The first-order chi connectivity index (χ1) is 8.09. The maximum Gasteiger partial charge on any atom is 0.305 e. The molecule has 0 heterocycles. The van der Waals surface area contributed by atoms with E-state index in [4.69, 9.17) is 16.7 Å². The van der Waals surface area contributed by atoms with E-state index in [0.717, 1.165) is 5.56 Å². The summed E-state index contributed by atoms with van der Waals surface area (Å²) in [6, 6.07) is 7.12. The van der Waals surface area contributed by atoms with Crippen molar-refractivity contribution in [2.45, 2.75) is 6.42 Å². The quantitative estimate of drug-likeness (QED) is 0.788. The van der Waals surface area contributed by atoms with Gasteiger partial charge in [-0.2, -0.15) is 0 Å². The molecule has 0 spiro atoms. The van der Waals surface area contributed by atoms with Crippen LogP contribution in [0.2, 0.25) is 5.02 Å². The summed E-state index contributed by atoms with van der Waals surface area (Å²) in [6.45, 7) is 0.112. The summed E-state index contributed by atoms with van der Waals surface area (Å²) in [7, 11) is 0. The van der Waals surface area contributed by atoms with E-state index in [2.05, 4.69) is 5.32 Å². The van der Waals surface area contributed by atoms with Crippen molar-refractivity contribution in [3.8, 4) is 0 Å². The number of nitrogens with one attached hydrogen (secondary N) is 1. The van der Waals surface area contributed by atoms with Crippen molar-refractivity contribution in [2.75, 3.05) is 6.54 Å². The van der Waals surface area contributed by atoms with Gasteiger partial charge in [-0.15, -0.1) is 0 Å². The summed E-state index contributed by atoms with van der Waals surface area (Å²) in [5, 5.41) is 11.4. The van der Waals surface area contributed by atoms with E-state index < -0.39 is 5.97 Å². The molecule has 0 saturated heterocycles. The average Bonchev–Trinajstić information content (AvgIpc) is 2.27. The highest BCUT2D eigenvalue weighted by molar-refractivity contribution is 6.32. The van der Waals surface area contributed by atoms with Crippen LogP contribution in [0.3, 0.4) is 0 Å². The second kappa shape index (κ2) is 6.70. The van der Waals surface area contributed by atoms with Crippen LogP contribution in [-0.2, 0) is 9.59 Å². The number of carboxylic acid groups (broad SMARTS) is 1. The minimum absolute atomic E-state index is 0.0916. The minimum atomic E-state index is -0.944. The molecule has 2 N–H and O–H groups in total. The summed E-state index contributed by atoms with van der Waals surface area (Å²) < 4.78 is 0. The molecule has 0 aromatic heterocycles. The van der Waals surface area contributed by atoms with Gasteiger partial charge in [-0.05, 0) is 17.7 Å². The number of carboxylic acids is 1. The van der Waals surface area contributed by atoms with Gasteiger partial charge in [-0.25, -0.2) is 0 Å². The van der Waals surface area contributed by atoms with E-state index in [1.54, 1.807) is 24.3 Å². The highest BCUT2D eigenvalue weighted by Gasteiger charge is 1.99. The van der Waals surface area contributed by atoms with Gasteiger partial charge in [-0.3, -0.25) is 9.59 Å². The van der Waals surface area contributed by atoms with Gasteiger partial charge in [-0.1, -0.05) is 29.8 Å². The molecule has 0 radical (unpaired) electrons. The van der Waals surface area contributed by atoms with Crippen LogP contribution >= 0.6 is 11.6 Å². The zero-order valence-corrected chi connectivity index (χ0v) is 9.78. The first-order valence-corrected chi connectivity index (χ1v) is 5.39. The van der Waals surface area contributed by atoms with Crippen molar-refractivity contribution in [3.63, 3.8) is 0 Å². The summed E-state index contributed by atoms with van der Waals surface area (Å²) in [5.41, 5.74) is 0.738. The number of amides is 1. The van der Waals surface area contributed by atoms with E-state index in [0.29, 0.717) is 5.02 Å². The summed E-state index contributed by atoms with van der Waals surface area (Å²) >= 11 is 5.89. The van der Waals surface area contributed by atoms with Crippen molar-refractivity contribution in [3.05, 3.63) is 40.9 Å². The van der Waals surface area contributed by atoms with Crippen molar-refractivity contribution < 1.29 is 14.7 Å². The molecule has 1 amide bonds. The predicted molar refractivity (Wildman–Crippen MR) is 65.7 cm³/mol. The van der Waals surface area contributed by atoms with Crippen LogP contribution in [0.5, 0.6) is 0 Å². The Kier molecular flexibility index (Phi) is 5.23. The molecular formula is C12H12ClNO3. The van der Waals surface area contributed by atoms with E-state index in [1.165, 1.54) is 6.08 Å². The largest absolute Gasteiger partial charge is 0.481 e. The van der Waals surface area contributed by atoms with Gasteiger partial charge in [0.15, 0.2) is 0 Å². The van der Waals surface area contributed by atoms with Gasteiger partial charge in [0.25, 0.3) is 0 Å². The second-order valence-corrected chi connectivity index (χ2v) is 3.70. The van der Waals surface area contributed by atoms with Gasteiger partial charge in [0, 0.05) is 17.6 Å². The zero-order chi connectivity index (χ0) is 12.7. The molecule has 0 saturated carbocycles. The van der Waals surface area contributed by atoms with Crippen LogP contribution in [0.25, 0.3) is 6.08 Å². The molecule has 5 heteroatoms. The number of hydrogen-bond donors (Lipinski definition) is 2. The molecular weight excluding hydrogens is 242 g/mol. The molecule has 1 aromatic rings. The third-order valence-corrected chi connectivity index (χ3v) is 2.30. The molecule has 0 unspecified atom stereocenters. The van der Waals surface area contributed by atoms with Gasteiger partial charge >= 0.3 is 5.97 Å². The van der Waals surface area contributed by atoms with Gasteiger partial charge in [0.1, 0.15) is 0 Å². The second-order valence-electron chi connectivity index (χ2n) is 3.29. The smallest absolute Gasteiger partial charge is 0.305 e. The molecule has 0 atom stereocenters. The topological polar surface area (TPSA) is 66.4 Å². The molecule has 0 fully saturated rings. The number of aliphatic carboxylic acids is 1. The zero-order valence-electron chi connectivity index (χ0n) is 9.02. The van der Waals surface area contributed by atoms with Crippen LogP contribution in [0.15, 0.2) is 30.3 Å². The molecule has 4 nitrogen and oxygen atoms in total. The van der Waals surface area contributed by atoms with E-state index in [-0.39, 0.29) is 18.9 Å². The predicted octanol–water partition coefficient (Wildman–Crippen LogP) is 1.94. The Labute approximate surface area is 104 Å². The van der Waals surface area contributed by atoms with Crippen molar-refractivity contribution in [1.29, 1.82) is 0 Å². The Balaban J connectivity index is 2.46. The third-order valence-electron chi connectivity index (χ3n) is 1.96. The lowest BCUT2D eigenvalue weighted by molar-refractivity contribution is -0.136. The standard InChI is InChI=1S/C12H12ClNO3/c13-10-4-2-1-3-9(10)5-6-11(15)14-8-7-12(16)17/h1-6H,7-8H2,(H,14,15)(H,16,17)/b6-5+. The SMILES string of the molecule is O=C(O)CCNC(=O)/C=C/c1ccccc1Cl. The summed E-state index contributed by atoms with van der Waals surface area (Å²) in [4.78, 5) is 21.5.